The normalized spacial score (nSPS) is 30.9. The summed E-state index contributed by atoms with van der Waals surface area (Å²) in [5.41, 5.74) is -2.36. The van der Waals surface area contributed by atoms with Gasteiger partial charge >= 0.3 is 5.97 Å². The van der Waals surface area contributed by atoms with Gasteiger partial charge in [0, 0.05) is 25.2 Å². The van der Waals surface area contributed by atoms with Crippen molar-refractivity contribution in [2.45, 2.75) is 95.4 Å². The summed E-state index contributed by atoms with van der Waals surface area (Å²) in [7, 11) is 0. The number of carbonyl (C=O) groups is 3. The van der Waals surface area contributed by atoms with E-state index in [2.05, 4.69) is 13.2 Å². The van der Waals surface area contributed by atoms with Gasteiger partial charge in [0.1, 0.15) is 17.6 Å². The first-order valence-corrected chi connectivity index (χ1v) is 13.4. The Morgan fingerprint density at radius 3 is 2.53 bits per heavy atom. The minimum absolute atomic E-state index is 0.0841. The average Bonchev–Trinajstić information content (AvgIpc) is 3.43. The van der Waals surface area contributed by atoms with Gasteiger partial charge in [-0.2, -0.15) is 0 Å². The van der Waals surface area contributed by atoms with E-state index in [-0.39, 0.29) is 25.0 Å². The molecule has 8 heteroatoms. The van der Waals surface area contributed by atoms with Gasteiger partial charge in [-0.15, -0.1) is 13.2 Å². The minimum Gasteiger partial charge on any atom is -0.465 e. The highest BCUT2D eigenvalue weighted by atomic mass is 16.6. The lowest BCUT2D eigenvalue weighted by Crippen LogP contribution is -2.60. The first-order chi connectivity index (χ1) is 17.0. The summed E-state index contributed by atoms with van der Waals surface area (Å²) in [6.07, 6.45) is 7.65. The maximum atomic E-state index is 14.3. The van der Waals surface area contributed by atoms with Crippen LogP contribution in [-0.2, 0) is 23.9 Å². The molecule has 2 bridgehead atoms. The zero-order chi connectivity index (χ0) is 26.7. The molecule has 3 rings (SSSR count). The van der Waals surface area contributed by atoms with Crippen molar-refractivity contribution in [2.75, 3.05) is 26.3 Å². The van der Waals surface area contributed by atoms with Gasteiger partial charge in [-0.25, -0.2) is 0 Å². The Hall–Kier alpha value is -2.19. The number of amides is 2. The van der Waals surface area contributed by atoms with Crippen molar-refractivity contribution in [3.05, 3.63) is 25.3 Å². The van der Waals surface area contributed by atoms with E-state index in [1.807, 2.05) is 27.7 Å². The van der Waals surface area contributed by atoms with E-state index >= 15 is 0 Å². The highest BCUT2D eigenvalue weighted by molar-refractivity contribution is 5.98. The number of likely N-dealkylation sites (tertiary alicyclic amines) is 1. The molecule has 1 N–H and O–H groups in total. The van der Waals surface area contributed by atoms with E-state index < -0.39 is 40.6 Å². The smallest absolute Gasteiger partial charge is 0.312 e. The molecule has 1 spiro atoms. The average molecular weight is 505 g/mol. The zero-order valence-corrected chi connectivity index (χ0v) is 22.5. The lowest BCUT2D eigenvalue weighted by molar-refractivity contribution is -0.162. The van der Waals surface area contributed by atoms with Crippen LogP contribution in [0.2, 0.25) is 0 Å². The molecule has 3 saturated heterocycles. The van der Waals surface area contributed by atoms with Gasteiger partial charge in [-0.1, -0.05) is 19.1 Å². The van der Waals surface area contributed by atoms with Crippen LogP contribution in [-0.4, -0.2) is 81.8 Å². The fraction of sp³-hybridized carbons (Fsp3) is 0.750. The van der Waals surface area contributed by atoms with E-state index in [1.165, 1.54) is 0 Å². The van der Waals surface area contributed by atoms with Crippen LogP contribution in [0.3, 0.4) is 0 Å². The second-order valence-electron chi connectivity index (χ2n) is 11.3. The van der Waals surface area contributed by atoms with Crippen LogP contribution in [0.25, 0.3) is 0 Å². The summed E-state index contributed by atoms with van der Waals surface area (Å²) in [6, 6.07) is -0.817. The Morgan fingerprint density at radius 2 is 1.94 bits per heavy atom. The topological polar surface area (TPSA) is 96.4 Å². The van der Waals surface area contributed by atoms with Crippen molar-refractivity contribution in [2.24, 2.45) is 11.8 Å². The maximum absolute atomic E-state index is 14.3. The van der Waals surface area contributed by atoms with E-state index in [0.717, 1.165) is 6.42 Å². The number of hydrogen-bond acceptors (Lipinski definition) is 6. The molecular formula is C28H44N2O6. The van der Waals surface area contributed by atoms with Crippen molar-refractivity contribution in [3.63, 3.8) is 0 Å². The molecule has 0 aromatic heterocycles. The quantitative estimate of drug-likeness (QED) is 0.235. The van der Waals surface area contributed by atoms with Gasteiger partial charge in [-0.3, -0.25) is 14.4 Å². The molecule has 0 aliphatic carbocycles. The van der Waals surface area contributed by atoms with Crippen molar-refractivity contribution < 1.29 is 29.0 Å². The monoisotopic (exact) mass is 504 g/mol. The summed E-state index contributed by atoms with van der Waals surface area (Å²) in [5.74, 6) is -2.29. The second-order valence-corrected chi connectivity index (χ2v) is 11.3. The molecule has 2 unspecified atom stereocenters. The largest absolute Gasteiger partial charge is 0.465 e. The number of nitrogens with zero attached hydrogens (tertiary/aromatic N) is 2. The Kier molecular flexibility index (Phi) is 8.71. The van der Waals surface area contributed by atoms with Gasteiger partial charge in [0.2, 0.25) is 11.8 Å². The Morgan fingerprint density at radius 1 is 1.22 bits per heavy atom. The molecule has 8 nitrogen and oxygen atoms in total. The lowest BCUT2D eigenvalue weighted by Gasteiger charge is -2.42. The molecule has 0 aromatic rings. The molecule has 0 radical (unpaired) electrons. The molecule has 3 heterocycles. The Labute approximate surface area is 215 Å². The molecular weight excluding hydrogens is 460 g/mol. The molecule has 3 aliphatic heterocycles. The lowest BCUT2D eigenvalue weighted by atomic mass is 9.65. The van der Waals surface area contributed by atoms with Crippen LogP contribution < -0.4 is 0 Å². The van der Waals surface area contributed by atoms with Crippen LogP contribution in [0.15, 0.2) is 25.3 Å². The first-order valence-electron chi connectivity index (χ1n) is 13.4. The molecule has 202 valence electrons. The van der Waals surface area contributed by atoms with Crippen LogP contribution >= 0.6 is 0 Å². The van der Waals surface area contributed by atoms with Crippen LogP contribution in [0.5, 0.6) is 0 Å². The third-order valence-electron chi connectivity index (χ3n) is 8.18. The van der Waals surface area contributed by atoms with Crippen LogP contribution in [0.4, 0.5) is 0 Å². The summed E-state index contributed by atoms with van der Waals surface area (Å²) >= 11 is 0. The predicted molar refractivity (Wildman–Crippen MR) is 137 cm³/mol. The molecule has 5 atom stereocenters. The molecule has 0 saturated carbocycles. The van der Waals surface area contributed by atoms with Gasteiger partial charge in [0.25, 0.3) is 0 Å². The molecule has 2 amide bonds. The number of rotatable bonds is 13. The Bertz CT molecular complexity index is 867. The van der Waals surface area contributed by atoms with Gasteiger partial charge in [0.15, 0.2) is 0 Å². The van der Waals surface area contributed by atoms with Gasteiger partial charge in [0.05, 0.1) is 18.1 Å². The fourth-order valence-corrected chi connectivity index (χ4v) is 6.47. The van der Waals surface area contributed by atoms with Crippen LogP contribution in [0.1, 0.15) is 72.6 Å². The summed E-state index contributed by atoms with van der Waals surface area (Å²) < 4.78 is 12.4. The highest BCUT2D eigenvalue weighted by Crippen LogP contribution is 2.64. The van der Waals surface area contributed by atoms with E-state index in [9.17, 15) is 19.5 Å². The number of aliphatic hydroxyl groups is 1. The van der Waals surface area contributed by atoms with E-state index in [4.69, 9.17) is 9.47 Å². The number of esters is 1. The zero-order valence-electron chi connectivity index (χ0n) is 22.5. The maximum Gasteiger partial charge on any atom is 0.312 e. The van der Waals surface area contributed by atoms with E-state index in [1.54, 1.807) is 22.0 Å². The standard InChI is InChI=1S/C28H44N2O6/c1-7-10-19-35-25(34)21-20-23(32)29(17-12-11-13-18-31)22(24(33)30(16-8-2)26(4,5)6)28(20)15-14-27(21,9-3)36-28/h7-8,20-22,31H,1-2,9-19H2,3-6H3/t20-,21-,22?,27+,28?/m0/s1. The Balaban J connectivity index is 2.04. The molecule has 3 fully saturated rings. The first kappa shape index (κ1) is 28.4. The SMILES string of the molecule is C=CCCOC(=O)[C@@H]1[C@H]2C(=O)N(CCCCCO)C(C(=O)N(CC=C)C(C)(C)C)C23CC[C@@]1(CC)O3. The molecule has 36 heavy (non-hydrogen) atoms. The number of aliphatic hydroxyl groups excluding tert-OH is 1. The minimum atomic E-state index is -1.06. The summed E-state index contributed by atoms with van der Waals surface area (Å²) in [6.45, 7) is 16.4. The highest BCUT2D eigenvalue weighted by Gasteiger charge is 2.79. The fourth-order valence-electron chi connectivity index (χ4n) is 6.47. The molecule has 0 aromatic carbocycles. The van der Waals surface area contributed by atoms with Gasteiger partial charge in [-0.05, 0) is 65.7 Å². The van der Waals surface area contributed by atoms with Crippen molar-refractivity contribution >= 4 is 17.8 Å². The van der Waals surface area contributed by atoms with Crippen LogP contribution in [0, 0.1) is 11.8 Å². The number of unbranched alkanes of at least 4 members (excludes halogenated alkanes) is 2. The second kappa shape index (κ2) is 11.1. The third kappa shape index (κ3) is 4.74. The third-order valence-corrected chi connectivity index (χ3v) is 8.18. The predicted octanol–water partition coefficient (Wildman–Crippen LogP) is 3.24. The van der Waals surface area contributed by atoms with Crippen molar-refractivity contribution in [1.29, 1.82) is 0 Å². The number of fused-ring (bicyclic) bond motifs is 1. The van der Waals surface area contributed by atoms with Crippen molar-refractivity contribution in [3.8, 4) is 0 Å². The number of ether oxygens (including phenoxy) is 2. The number of carbonyl (C=O) groups excluding carboxylic acids is 3. The summed E-state index contributed by atoms with van der Waals surface area (Å²) in [4.78, 5) is 45.1. The van der Waals surface area contributed by atoms with E-state index in [0.29, 0.717) is 51.6 Å². The van der Waals surface area contributed by atoms with Crippen molar-refractivity contribution in [1.82, 2.24) is 9.80 Å². The number of hydrogen-bond donors (Lipinski definition) is 1. The van der Waals surface area contributed by atoms with Gasteiger partial charge < -0.3 is 24.4 Å². The summed E-state index contributed by atoms with van der Waals surface area (Å²) in [5, 5.41) is 9.20. The molecule has 3 aliphatic rings.